The van der Waals surface area contributed by atoms with Gasteiger partial charge in [0, 0.05) is 18.7 Å². The first-order valence-corrected chi connectivity index (χ1v) is 9.85. The van der Waals surface area contributed by atoms with Crippen LogP contribution in [0, 0.1) is 5.82 Å². The summed E-state index contributed by atoms with van der Waals surface area (Å²) in [5.41, 5.74) is 0.190. The van der Waals surface area contributed by atoms with Gasteiger partial charge in [0.25, 0.3) is 15.9 Å². The molecule has 2 aromatic carbocycles. The Morgan fingerprint density at radius 1 is 1.19 bits per heavy atom. The smallest absolute Gasteiger partial charge is 0.264 e. The number of sulfonamides is 1. The molecule has 0 aliphatic carbocycles. The lowest BCUT2D eigenvalue weighted by atomic mass is 10.1. The van der Waals surface area contributed by atoms with Crippen LogP contribution in [-0.2, 0) is 10.0 Å². The highest BCUT2D eigenvalue weighted by atomic mass is 32.2. The first-order valence-electron chi connectivity index (χ1n) is 8.41. The second kappa shape index (κ2) is 8.31. The zero-order valence-corrected chi connectivity index (χ0v) is 15.9. The number of anilines is 1. The monoisotopic (exact) mass is 378 g/mol. The Bertz CT molecular complexity index is 884. The lowest BCUT2D eigenvalue weighted by Crippen LogP contribution is -2.32. The van der Waals surface area contributed by atoms with Crippen molar-refractivity contribution in [2.45, 2.75) is 37.6 Å². The number of benzene rings is 2. The Hall–Kier alpha value is -2.41. The highest BCUT2D eigenvalue weighted by Crippen LogP contribution is 2.25. The van der Waals surface area contributed by atoms with E-state index in [9.17, 15) is 17.6 Å². The predicted molar refractivity (Wildman–Crippen MR) is 100 cm³/mol. The first-order chi connectivity index (χ1) is 12.3. The molecular weight excluding hydrogens is 355 g/mol. The Labute approximate surface area is 153 Å². The van der Waals surface area contributed by atoms with Crippen molar-refractivity contribution in [2.75, 3.05) is 11.4 Å². The third-order valence-electron chi connectivity index (χ3n) is 4.05. The number of hydrogen-bond donors (Lipinski definition) is 1. The normalized spacial score (nSPS) is 12.5. The van der Waals surface area contributed by atoms with Crippen LogP contribution in [0.25, 0.3) is 0 Å². The molecule has 1 N–H and O–H groups in total. The van der Waals surface area contributed by atoms with Crippen molar-refractivity contribution in [1.82, 2.24) is 5.32 Å². The molecule has 1 atom stereocenters. The van der Waals surface area contributed by atoms with Crippen molar-refractivity contribution in [3.63, 3.8) is 0 Å². The molecule has 7 heteroatoms. The minimum absolute atomic E-state index is 0.00569. The van der Waals surface area contributed by atoms with Crippen LogP contribution in [0.5, 0.6) is 0 Å². The molecule has 0 spiro atoms. The molecule has 0 unspecified atom stereocenters. The van der Waals surface area contributed by atoms with Crippen molar-refractivity contribution in [1.29, 1.82) is 0 Å². The fourth-order valence-electron chi connectivity index (χ4n) is 2.60. The van der Waals surface area contributed by atoms with Crippen LogP contribution in [0.1, 0.15) is 37.0 Å². The van der Waals surface area contributed by atoms with Gasteiger partial charge >= 0.3 is 0 Å². The number of hydrogen-bond acceptors (Lipinski definition) is 3. The molecule has 0 aromatic heterocycles. The zero-order chi connectivity index (χ0) is 19.3. The van der Waals surface area contributed by atoms with Gasteiger partial charge in [0.05, 0.1) is 10.6 Å². The average Bonchev–Trinajstić information content (AvgIpc) is 2.61. The van der Waals surface area contributed by atoms with Crippen molar-refractivity contribution >= 4 is 21.6 Å². The van der Waals surface area contributed by atoms with E-state index in [0.717, 1.165) is 17.1 Å². The second-order valence-electron chi connectivity index (χ2n) is 6.11. The lowest BCUT2D eigenvalue weighted by Gasteiger charge is -2.20. The molecule has 26 heavy (non-hydrogen) atoms. The van der Waals surface area contributed by atoms with Gasteiger partial charge in [-0.3, -0.25) is 9.10 Å². The molecule has 0 fully saturated rings. The van der Waals surface area contributed by atoms with E-state index >= 15 is 0 Å². The van der Waals surface area contributed by atoms with E-state index in [1.165, 1.54) is 43.4 Å². The quantitative estimate of drug-likeness (QED) is 0.801. The lowest BCUT2D eigenvalue weighted by molar-refractivity contribution is 0.0938. The van der Waals surface area contributed by atoms with Crippen LogP contribution < -0.4 is 9.62 Å². The molecule has 0 saturated carbocycles. The van der Waals surface area contributed by atoms with Crippen LogP contribution >= 0.6 is 0 Å². The SMILES string of the molecule is CCC[C@H](C)NC(=O)c1cccc(S(=O)(=O)N(C)c2ccccc2F)c1. The third kappa shape index (κ3) is 4.40. The van der Waals surface area contributed by atoms with Gasteiger partial charge in [0.15, 0.2) is 0 Å². The standard InChI is InChI=1S/C19H23FN2O3S/c1-4-8-14(2)21-19(23)15-9-7-10-16(13-15)26(24,25)22(3)18-12-6-5-11-17(18)20/h5-7,9-14H,4,8H2,1-3H3,(H,21,23)/t14-/m0/s1. The molecule has 2 rings (SSSR count). The summed E-state index contributed by atoms with van der Waals surface area (Å²) in [5, 5.41) is 2.84. The molecule has 0 saturated heterocycles. The van der Waals surface area contributed by atoms with Gasteiger partial charge in [0.2, 0.25) is 0 Å². The summed E-state index contributed by atoms with van der Waals surface area (Å²) in [6.07, 6.45) is 1.77. The molecule has 0 radical (unpaired) electrons. The summed E-state index contributed by atoms with van der Waals surface area (Å²) in [6, 6.07) is 11.4. The number of carbonyl (C=O) groups excluding carboxylic acids is 1. The zero-order valence-electron chi connectivity index (χ0n) is 15.1. The highest BCUT2D eigenvalue weighted by molar-refractivity contribution is 7.92. The van der Waals surface area contributed by atoms with Gasteiger partial charge in [-0.1, -0.05) is 31.5 Å². The number of halogens is 1. The molecule has 0 aliphatic heterocycles. The minimum atomic E-state index is -4.00. The van der Waals surface area contributed by atoms with E-state index in [0.29, 0.717) is 0 Å². The summed E-state index contributed by atoms with van der Waals surface area (Å²) < 4.78 is 40.4. The molecule has 0 heterocycles. The second-order valence-corrected chi connectivity index (χ2v) is 8.08. The summed E-state index contributed by atoms with van der Waals surface area (Å²) in [6.45, 7) is 3.92. The number of carbonyl (C=O) groups is 1. The van der Waals surface area contributed by atoms with E-state index in [4.69, 9.17) is 0 Å². The average molecular weight is 378 g/mol. The van der Waals surface area contributed by atoms with Gasteiger partial charge in [-0.15, -0.1) is 0 Å². The molecular formula is C19H23FN2O3S. The predicted octanol–water partition coefficient (Wildman–Crippen LogP) is 3.57. The number of rotatable bonds is 7. The molecule has 0 bridgehead atoms. The largest absolute Gasteiger partial charge is 0.350 e. The first kappa shape index (κ1) is 19.9. The minimum Gasteiger partial charge on any atom is -0.350 e. The highest BCUT2D eigenvalue weighted by Gasteiger charge is 2.24. The van der Waals surface area contributed by atoms with E-state index in [1.807, 2.05) is 13.8 Å². The molecule has 0 aliphatic rings. The van der Waals surface area contributed by atoms with E-state index < -0.39 is 15.8 Å². The summed E-state index contributed by atoms with van der Waals surface area (Å²) in [5.74, 6) is -0.975. The Morgan fingerprint density at radius 3 is 2.54 bits per heavy atom. The fraction of sp³-hybridized carbons (Fsp3) is 0.316. The summed E-state index contributed by atoms with van der Waals surface area (Å²) in [7, 11) is -2.71. The molecule has 5 nitrogen and oxygen atoms in total. The maximum atomic E-state index is 13.9. The van der Waals surface area contributed by atoms with E-state index in [1.54, 1.807) is 12.1 Å². The van der Waals surface area contributed by atoms with E-state index in [-0.39, 0.29) is 28.1 Å². The topological polar surface area (TPSA) is 66.5 Å². The molecule has 140 valence electrons. The van der Waals surface area contributed by atoms with Gasteiger partial charge in [-0.05, 0) is 43.7 Å². The summed E-state index contributed by atoms with van der Waals surface area (Å²) >= 11 is 0. The third-order valence-corrected chi connectivity index (χ3v) is 5.81. The maximum absolute atomic E-state index is 13.9. The summed E-state index contributed by atoms with van der Waals surface area (Å²) in [4.78, 5) is 12.3. The number of amides is 1. The van der Waals surface area contributed by atoms with Gasteiger partial charge in [0.1, 0.15) is 5.82 Å². The molecule has 1 amide bonds. The van der Waals surface area contributed by atoms with Crippen LogP contribution in [0.4, 0.5) is 10.1 Å². The maximum Gasteiger partial charge on any atom is 0.264 e. The van der Waals surface area contributed by atoms with Crippen molar-refractivity contribution in [3.05, 3.63) is 59.9 Å². The van der Waals surface area contributed by atoms with Crippen molar-refractivity contribution in [2.24, 2.45) is 0 Å². The Balaban J connectivity index is 2.31. The Morgan fingerprint density at radius 2 is 1.88 bits per heavy atom. The Kier molecular flexibility index (Phi) is 6.37. The molecule has 2 aromatic rings. The van der Waals surface area contributed by atoms with E-state index in [2.05, 4.69) is 5.32 Å². The van der Waals surface area contributed by atoms with Crippen LogP contribution in [-0.4, -0.2) is 27.4 Å². The number of nitrogens with one attached hydrogen (secondary N) is 1. The van der Waals surface area contributed by atoms with Crippen molar-refractivity contribution < 1.29 is 17.6 Å². The number of nitrogens with zero attached hydrogens (tertiary/aromatic N) is 1. The van der Waals surface area contributed by atoms with Crippen LogP contribution in [0.2, 0.25) is 0 Å². The van der Waals surface area contributed by atoms with Crippen LogP contribution in [0.3, 0.4) is 0 Å². The van der Waals surface area contributed by atoms with Crippen LogP contribution in [0.15, 0.2) is 53.4 Å². The van der Waals surface area contributed by atoms with Gasteiger partial charge < -0.3 is 5.32 Å². The van der Waals surface area contributed by atoms with Gasteiger partial charge in [-0.25, -0.2) is 12.8 Å². The van der Waals surface area contributed by atoms with Gasteiger partial charge in [-0.2, -0.15) is 0 Å². The number of para-hydroxylation sites is 1. The van der Waals surface area contributed by atoms with Crippen molar-refractivity contribution in [3.8, 4) is 0 Å². The fourth-order valence-corrected chi connectivity index (χ4v) is 3.85.